The summed E-state index contributed by atoms with van der Waals surface area (Å²) in [7, 11) is 0. The van der Waals surface area contributed by atoms with Gasteiger partial charge >= 0.3 is 5.69 Å². The zero-order valence-corrected chi connectivity index (χ0v) is 24.3. The van der Waals surface area contributed by atoms with Gasteiger partial charge < -0.3 is 21.4 Å². The van der Waals surface area contributed by atoms with E-state index >= 15 is 4.39 Å². The first-order chi connectivity index (χ1) is 20.0. The number of halogens is 4. The van der Waals surface area contributed by atoms with Crippen molar-refractivity contribution < 1.29 is 13.2 Å². The Morgan fingerprint density at radius 3 is 2.69 bits per heavy atom. The first-order valence-corrected chi connectivity index (χ1v) is 14.1. The van der Waals surface area contributed by atoms with E-state index < -0.39 is 24.0 Å². The number of aromatic nitrogens is 3. The Balaban J connectivity index is 1.52. The van der Waals surface area contributed by atoms with Gasteiger partial charge in [-0.05, 0) is 73.7 Å². The fourth-order valence-corrected chi connectivity index (χ4v) is 4.69. The lowest BCUT2D eigenvalue weighted by molar-refractivity contribution is 0.348. The summed E-state index contributed by atoms with van der Waals surface area (Å²) in [5.41, 5.74) is 7.68. The second-order valence-electron chi connectivity index (χ2n) is 11.0. The van der Waals surface area contributed by atoms with Gasteiger partial charge in [0.05, 0.1) is 16.4 Å². The zero-order chi connectivity index (χ0) is 30.4. The number of H-pyrrole nitrogens is 1. The molecule has 0 bridgehead atoms. The van der Waals surface area contributed by atoms with E-state index in [0.717, 1.165) is 12.0 Å². The first kappa shape index (κ1) is 31.3. The van der Waals surface area contributed by atoms with Gasteiger partial charge in [0, 0.05) is 35.8 Å². The van der Waals surface area contributed by atoms with Gasteiger partial charge in [-0.2, -0.15) is 4.98 Å². The van der Waals surface area contributed by atoms with Gasteiger partial charge in [-0.15, -0.1) is 0 Å². The van der Waals surface area contributed by atoms with E-state index in [0.29, 0.717) is 54.8 Å². The first-order valence-electron chi connectivity index (χ1n) is 13.7. The largest absolute Gasteiger partial charge is 0.372 e. The fraction of sp³-hybridized carbons (Fsp3) is 0.367. The van der Waals surface area contributed by atoms with Gasteiger partial charge in [0.15, 0.2) is 5.82 Å². The molecule has 0 amide bonds. The molecule has 2 heterocycles. The van der Waals surface area contributed by atoms with Crippen LogP contribution in [0.15, 0.2) is 47.4 Å². The minimum Gasteiger partial charge on any atom is -0.372 e. The summed E-state index contributed by atoms with van der Waals surface area (Å²) in [6.07, 6.45) is 3.64. The predicted molar refractivity (Wildman–Crippen MR) is 161 cm³/mol. The van der Waals surface area contributed by atoms with Crippen molar-refractivity contribution in [3.63, 3.8) is 0 Å². The summed E-state index contributed by atoms with van der Waals surface area (Å²) < 4.78 is 43.5. The van der Waals surface area contributed by atoms with Crippen LogP contribution in [-0.4, -0.2) is 46.7 Å². The highest BCUT2D eigenvalue weighted by Gasteiger charge is 2.19. The fourth-order valence-electron chi connectivity index (χ4n) is 4.45. The highest BCUT2D eigenvalue weighted by Crippen LogP contribution is 2.32. The SMILES string of the molecule is CC(C)(CN)CCc1cc(Cl)c(F)c(-c2cc3cn(-c4ccc(CNCCCNC(=N)CF)c(F)c4)c(=O)nc3[nH]2)c1. The number of hydrogen-bond donors (Lipinski definition) is 5. The summed E-state index contributed by atoms with van der Waals surface area (Å²) in [6, 6.07) is 9.50. The Kier molecular flexibility index (Phi) is 10.1. The lowest BCUT2D eigenvalue weighted by Crippen LogP contribution is -2.27. The summed E-state index contributed by atoms with van der Waals surface area (Å²) in [4.78, 5) is 20.0. The molecule has 6 N–H and O–H groups in total. The lowest BCUT2D eigenvalue weighted by Gasteiger charge is -2.22. The number of alkyl halides is 1. The van der Waals surface area contributed by atoms with E-state index in [-0.39, 0.29) is 34.0 Å². The molecule has 4 aromatic rings. The van der Waals surface area contributed by atoms with Crippen LogP contribution in [0.5, 0.6) is 0 Å². The number of aryl methyl sites for hydroxylation is 1. The average Bonchev–Trinajstić information content (AvgIpc) is 3.38. The average molecular weight is 602 g/mol. The molecular formula is C30H35ClF3N7O. The van der Waals surface area contributed by atoms with Crippen LogP contribution in [0.2, 0.25) is 5.02 Å². The Bertz CT molecular complexity index is 1630. The predicted octanol–water partition coefficient (Wildman–Crippen LogP) is 5.25. The van der Waals surface area contributed by atoms with Crippen molar-refractivity contribution in [3.05, 3.63) is 80.9 Å². The summed E-state index contributed by atoms with van der Waals surface area (Å²) >= 11 is 6.23. The molecule has 4 rings (SSSR count). The lowest BCUT2D eigenvalue weighted by atomic mass is 9.86. The van der Waals surface area contributed by atoms with E-state index in [2.05, 4.69) is 34.4 Å². The van der Waals surface area contributed by atoms with Crippen LogP contribution in [0, 0.1) is 22.5 Å². The van der Waals surface area contributed by atoms with Crippen LogP contribution in [0.3, 0.4) is 0 Å². The Morgan fingerprint density at radius 1 is 1.19 bits per heavy atom. The number of nitrogens with zero attached hydrogens (tertiary/aromatic N) is 2. The maximum absolute atomic E-state index is 15.1. The van der Waals surface area contributed by atoms with E-state index in [9.17, 15) is 13.6 Å². The van der Waals surface area contributed by atoms with Crippen molar-refractivity contribution in [2.75, 3.05) is 26.3 Å². The number of benzene rings is 2. The topological polar surface area (TPSA) is 125 Å². The van der Waals surface area contributed by atoms with Gasteiger partial charge in [-0.25, -0.2) is 18.0 Å². The molecule has 0 aliphatic rings. The van der Waals surface area contributed by atoms with E-state index in [1.54, 1.807) is 30.3 Å². The van der Waals surface area contributed by atoms with Crippen LogP contribution in [0.25, 0.3) is 28.0 Å². The monoisotopic (exact) mass is 601 g/mol. The van der Waals surface area contributed by atoms with Gasteiger partial charge in [-0.3, -0.25) is 9.98 Å². The van der Waals surface area contributed by atoms with Crippen LogP contribution < -0.4 is 22.1 Å². The van der Waals surface area contributed by atoms with E-state index in [1.165, 1.54) is 16.8 Å². The van der Waals surface area contributed by atoms with Crippen LogP contribution >= 0.6 is 11.6 Å². The Labute approximate surface area is 247 Å². The van der Waals surface area contributed by atoms with E-state index in [4.69, 9.17) is 22.7 Å². The molecule has 0 unspecified atom stereocenters. The van der Waals surface area contributed by atoms with Gasteiger partial charge in [0.2, 0.25) is 0 Å². The molecule has 0 aliphatic heterocycles. The number of fused-ring (bicyclic) bond motifs is 1. The molecule has 0 fully saturated rings. The number of nitrogens with one attached hydrogen (secondary N) is 4. The van der Waals surface area contributed by atoms with Gasteiger partial charge in [0.1, 0.15) is 24.0 Å². The number of rotatable bonds is 13. The third-order valence-electron chi connectivity index (χ3n) is 7.16. The molecule has 2 aromatic heterocycles. The molecule has 8 nitrogen and oxygen atoms in total. The maximum atomic E-state index is 15.1. The molecule has 0 aliphatic carbocycles. The molecule has 2 aromatic carbocycles. The van der Waals surface area contributed by atoms with Crippen molar-refractivity contribution >= 4 is 28.5 Å². The molecule has 42 heavy (non-hydrogen) atoms. The van der Waals surface area contributed by atoms with Crippen molar-refractivity contribution in [2.24, 2.45) is 11.1 Å². The second kappa shape index (κ2) is 13.5. The highest BCUT2D eigenvalue weighted by atomic mass is 35.5. The number of hydrogen-bond acceptors (Lipinski definition) is 5. The van der Waals surface area contributed by atoms with Crippen molar-refractivity contribution in [2.45, 2.75) is 39.7 Å². The second-order valence-corrected chi connectivity index (χ2v) is 11.4. The summed E-state index contributed by atoms with van der Waals surface area (Å²) in [5, 5.41) is 13.5. The van der Waals surface area contributed by atoms with E-state index in [1.807, 2.05) is 0 Å². The molecule has 224 valence electrons. The van der Waals surface area contributed by atoms with Crippen molar-refractivity contribution in [1.29, 1.82) is 5.41 Å². The number of amidine groups is 1. The highest BCUT2D eigenvalue weighted by molar-refractivity contribution is 6.31. The normalized spacial score (nSPS) is 11.8. The van der Waals surface area contributed by atoms with Crippen LogP contribution in [0.1, 0.15) is 37.8 Å². The maximum Gasteiger partial charge on any atom is 0.354 e. The summed E-state index contributed by atoms with van der Waals surface area (Å²) in [6.45, 7) is 5.08. The number of nitrogens with two attached hydrogens (primary N) is 1. The third kappa shape index (κ3) is 7.58. The molecular weight excluding hydrogens is 567 g/mol. The minimum absolute atomic E-state index is 0.00160. The standard InChI is InChI=1S/C30H35ClF3N7O/c1-30(2,17-35)7-6-18-10-22(27(34)23(31)11-18)25-12-20-16-41(29(42)40-28(20)39-25)21-5-4-19(24(33)13-21)15-37-8-3-9-38-26(36)14-32/h4-5,10-13,16,37H,3,6-9,14-15,17,35H2,1-2H3,(H2,36,38)(H,39,40,42). The van der Waals surface area contributed by atoms with Gasteiger partial charge in [0.25, 0.3) is 0 Å². The molecule has 0 spiro atoms. The molecule has 0 saturated carbocycles. The zero-order valence-electron chi connectivity index (χ0n) is 23.6. The smallest absolute Gasteiger partial charge is 0.354 e. The third-order valence-corrected chi connectivity index (χ3v) is 7.44. The molecule has 12 heteroatoms. The molecule has 0 radical (unpaired) electrons. The molecule has 0 saturated heterocycles. The van der Waals surface area contributed by atoms with Crippen molar-refractivity contribution in [3.8, 4) is 16.9 Å². The summed E-state index contributed by atoms with van der Waals surface area (Å²) in [5.74, 6) is -1.24. The van der Waals surface area contributed by atoms with Crippen LogP contribution in [0.4, 0.5) is 13.2 Å². The quantitative estimate of drug-likeness (QED) is 0.0814. The van der Waals surface area contributed by atoms with Crippen molar-refractivity contribution in [1.82, 2.24) is 25.2 Å². The van der Waals surface area contributed by atoms with Crippen LogP contribution in [-0.2, 0) is 13.0 Å². The molecule has 0 atom stereocenters. The minimum atomic E-state index is -0.836. The van der Waals surface area contributed by atoms with Gasteiger partial charge in [-0.1, -0.05) is 31.5 Å². The Morgan fingerprint density at radius 2 is 1.98 bits per heavy atom. The number of aromatic amines is 1. The Hall–Kier alpha value is -3.67.